The maximum Gasteiger partial charge on any atom is 0.253 e. The number of hydrogen-bond acceptors (Lipinski definition) is 5. The van der Waals surface area contributed by atoms with Crippen LogP contribution >= 0.6 is 11.6 Å². The van der Waals surface area contributed by atoms with Crippen molar-refractivity contribution < 1.29 is 9.59 Å². The predicted octanol–water partition coefficient (Wildman–Crippen LogP) is 2.77. The van der Waals surface area contributed by atoms with E-state index in [-0.39, 0.29) is 18.5 Å². The van der Waals surface area contributed by atoms with Gasteiger partial charge in [-0.3, -0.25) is 9.59 Å². The molecule has 0 spiro atoms. The molecule has 1 aromatic heterocycles. The Kier molecular flexibility index (Phi) is 6.00. The number of tetrazole rings is 1. The number of anilines is 1. The number of aromatic nitrogens is 4. The number of carbonyl (C=O) groups excluding carboxylic acids is 2. The van der Waals surface area contributed by atoms with E-state index in [1.165, 1.54) is 10.9 Å². The molecule has 2 N–H and O–H groups in total. The van der Waals surface area contributed by atoms with E-state index in [0.717, 1.165) is 5.56 Å². The molecule has 0 aliphatic rings. The first kappa shape index (κ1) is 19.5. The van der Waals surface area contributed by atoms with E-state index in [4.69, 9.17) is 11.6 Å². The molecule has 0 aliphatic heterocycles. The molecule has 0 unspecified atom stereocenters. The average molecular weight is 399 g/mol. The second-order valence-corrected chi connectivity index (χ2v) is 6.81. The highest BCUT2D eigenvalue weighted by molar-refractivity contribution is 6.31. The molecular formula is C19H19ClN6O2. The first-order chi connectivity index (χ1) is 13.4. The summed E-state index contributed by atoms with van der Waals surface area (Å²) < 4.78 is 0. The minimum atomic E-state index is -0.405. The lowest BCUT2D eigenvalue weighted by Crippen LogP contribution is -2.31. The Morgan fingerprint density at radius 3 is 2.61 bits per heavy atom. The monoisotopic (exact) mass is 398 g/mol. The molecule has 0 fully saturated rings. The quantitative estimate of drug-likeness (QED) is 0.664. The summed E-state index contributed by atoms with van der Waals surface area (Å²) in [5.74, 6) is -0.279. The molecule has 1 heterocycles. The molecule has 9 heteroatoms. The number of carbonyl (C=O) groups is 2. The molecular weight excluding hydrogens is 380 g/mol. The third-order valence-corrected chi connectivity index (χ3v) is 3.93. The van der Waals surface area contributed by atoms with Gasteiger partial charge in [0, 0.05) is 16.6 Å². The topological polar surface area (TPSA) is 102 Å². The molecule has 3 aromatic rings. The SMILES string of the molecule is CC(C)NC(=O)c1ccc(Cl)cc1NC(=O)Cn1nnc(-c2ccccc2)n1. The van der Waals surface area contributed by atoms with E-state index in [2.05, 4.69) is 26.0 Å². The molecule has 2 aromatic carbocycles. The molecule has 144 valence electrons. The summed E-state index contributed by atoms with van der Waals surface area (Å²) in [5, 5.41) is 17.9. The first-order valence-electron chi connectivity index (χ1n) is 8.66. The van der Waals surface area contributed by atoms with Crippen LogP contribution in [-0.2, 0) is 11.3 Å². The Balaban J connectivity index is 1.72. The second kappa shape index (κ2) is 8.62. The minimum absolute atomic E-state index is 0.0394. The second-order valence-electron chi connectivity index (χ2n) is 6.38. The van der Waals surface area contributed by atoms with E-state index < -0.39 is 5.91 Å². The molecule has 0 aliphatic carbocycles. The van der Waals surface area contributed by atoms with Gasteiger partial charge in [0.2, 0.25) is 11.7 Å². The first-order valence-corrected chi connectivity index (χ1v) is 9.03. The van der Waals surface area contributed by atoms with Gasteiger partial charge >= 0.3 is 0 Å². The standard InChI is InChI=1S/C19H19ClN6O2/c1-12(2)21-19(28)15-9-8-14(20)10-16(15)22-17(27)11-26-24-18(23-25-26)13-6-4-3-5-7-13/h3-10,12H,11H2,1-2H3,(H,21,28)(H,22,27). The zero-order valence-electron chi connectivity index (χ0n) is 15.4. The lowest BCUT2D eigenvalue weighted by Gasteiger charge is -2.13. The highest BCUT2D eigenvalue weighted by Gasteiger charge is 2.16. The van der Waals surface area contributed by atoms with Crippen LogP contribution < -0.4 is 10.6 Å². The summed E-state index contributed by atoms with van der Waals surface area (Å²) in [6.07, 6.45) is 0. The zero-order valence-corrected chi connectivity index (χ0v) is 16.1. The van der Waals surface area contributed by atoms with Gasteiger partial charge in [-0.1, -0.05) is 41.9 Å². The fraction of sp³-hybridized carbons (Fsp3) is 0.211. The van der Waals surface area contributed by atoms with Gasteiger partial charge < -0.3 is 10.6 Å². The number of nitrogens with zero attached hydrogens (tertiary/aromatic N) is 4. The van der Waals surface area contributed by atoms with Crippen LogP contribution in [0.3, 0.4) is 0 Å². The maximum absolute atomic E-state index is 12.4. The third kappa shape index (κ3) is 4.92. The zero-order chi connectivity index (χ0) is 20.1. The van der Waals surface area contributed by atoms with E-state index in [1.807, 2.05) is 44.2 Å². The molecule has 0 saturated carbocycles. The van der Waals surface area contributed by atoms with Gasteiger partial charge in [-0.15, -0.1) is 10.2 Å². The number of hydrogen-bond donors (Lipinski definition) is 2. The lowest BCUT2D eigenvalue weighted by atomic mass is 10.1. The third-order valence-electron chi connectivity index (χ3n) is 3.69. The molecule has 0 radical (unpaired) electrons. The fourth-order valence-electron chi connectivity index (χ4n) is 2.49. The van der Waals surface area contributed by atoms with Crippen LogP contribution in [-0.4, -0.2) is 38.1 Å². The van der Waals surface area contributed by atoms with Crippen molar-refractivity contribution in [1.29, 1.82) is 0 Å². The summed E-state index contributed by atoms with van der Waals surface area (Å²) in [6, 6.07) is 14.0. The van der Waals surface area contributed by atoms with E-state index in [0.29, 0.717) is 22.1 Å². The van der Waals surface area contributed by atoms with Gasteiger partial charge in [0.05, 0.1) is 11.3 Å². The van der Waals surface area contributed by atoms with Gasteiger partial charge in [0.25, 0.3) is 5.91 Å². The van der Waals surface area contributed by atoms with Crippen molar-refractivity contribution in [1.82, 2.24) is 25.5 Å². The summed E-state index contributed by atoms with van der Waals surface area (Å²) in [6.45, 7) is 3.55. The largest absolute Gasteiger partial charge is 0.350 e. The minimum Gasteiger partial charge on any atom is -0.350 e. The molecule has 8 nitrogen and oxygen atoms in total. The number of nitrogens with one attached hydrogen (secondary N) is 2. The van der Waals surface area contributed by atoms with Crippen molar-refractivity contribution in [2.24, 2.45) is 0 Å². The predicted molar refractivity (Wildman–Crippen MR) is 106 cm³/mol. The maximum atomic E-state index is 12.4. The highest BCUT2D eigenvalue weighted by Crippen LogP contribution is 2.21. The Bertz CT molecular complexity index is 987. The van der Waals surface area contributed by atoms with Crippen molar-refractivity contribution in [3.63, 3.8) is 0 Å². The van der Waals surface area contributed by atoms with E-state index >= 15 is 0 Å². The summed E-state index contributed by atoms with van der Waals surface area (Å²) in [4.78, 5) is 26.0. The Morgan fingerprint density at radius 2 is 1.89 bits per heavy atom. The van der Waals surface area contributed by atoms with Gasteiger partial charge in [0.15, 0.2) is 0 Å². The highest BCUT2D eigenvalue weighted by atomic mass is 35.5. The van der Waals surface area contributed by atoms with Gasteiger partial charge in [0.1, 0.15) is 6.54 Å². The number of benzene rings is 2. The van der Waals surface area contributed by atoms with E-state index in [1.54, 1.807) is 12.1 Å². The molecule has 28 heavy (non-hydrogen) atoms. The summed E-state index contributed by atoms with van der Waals surface area (Å²) in [7, 11) is 0. The smallest absolute Gasteiger partial charge is 0.253 e. The van der Waals surface area contributed by atoms with Gasteiger partial charge in [-0.25, -0.2) is 0 Å². The van der Waals surface area contributed by atoms with Gasteiger partial charge in [-0.05, 0) is 37.3 Å². The molecule has 0 saturated heterocycles. The number of rotatable bonds is 6. The van der Waals surface area contributed by atoms with Crippen LogP contribution in [0.25, 0.3) is 11.4 Å². The fourth-order valence-corrected chi connectivity index (χ4v) is 2.66. The van der Waals surface area contributed by atoms with Crippen LogP contribution in [0.1, 0.15) is 24.2 Å². The Labute approximate surface area is 166 Å². The summed E-state index contributed by atoms with van der Waals surface area (Å²) >= 11 is 6.02. The van der Waals surface area contributed by atoms with Gasteiger partial charge in [-0.2, -0.15) is 4.80 Å². The van der Waals surface area contributed by atoms with Crippen LogP contribution in [0.2, 0.25) is 5.02 Å². The van der Waals surface area contributed by atoms with Crippen LogP contribution in [0, 0.1) is 0 Å². The molecule has 0 bridgehead atoms. The van der Waals surface area contributed by atoms with Crippen molar-refractivity contribution in [3.05, 3.63) is 59.1 Å². The number of amides is 2. The summed E-state index contributed by atoms with van der Waals surface area (Å²) in [5.41, 5.74) is 1.44. The Hall–Kier alpha value is -3.26. The number of halogens is 1. The van der Waals surface area contributed by atoms with Crippen LogP contribution in [0.15, 0.2) is 48.5 Å². The molecule has 2 amide bonds. The van der Waals surface area contributed by atoms with Crippen molar-refractivity contribution >= 4 is 29.1 Å². The van der Waals surface area contributed by atoms with E-state index in [9.17, 15) is 9.59 Å². The Morgan fingerprint density at radius 1 is 1.14 bits per heavy atom. The van der Waals surface area contributed by atoms with Crippen molar-refractivity contribution in [2.45, 2.75) is 26.4 Å². The van der Waals surface area contributed by atoms with Crippen LogP contribution in [0.5, 0.6) is 0 Å². The van der Waals surface area contributed by atoms with Crippen molar-refractivity contribution in [2.75, 3.05) is 5.32 Å². The van der Waals surface area contributed by atoms with Crippen molar-refractivity contribution in [3.8, 4) is 11.4 Å². The normalized spacial score (nSPS) is 10.7. The van der Waals surface area contributed by atoms with Crippen LogP contribution in [0.4, 0.5) is 5.69 Å². The lowest BCUT2D eigenvalue weighted by molar-refractivity contribution is -0.117. The average Bonchev–Trinajstić information content (AvgIpc) is 3.10. The molecule has 0 atom stereocenters. The molecule has 3 rings (SSSR count).